The molecule has 0 atom stereocenters. The van der Waals surface area contributed by atoms with Gasteiger partial charge in [-0.3, -0.25) is 9.48 Å². The number of hydrogen-bond donors (Lipinski definition) is 2. The average Bonchev–Trinajstić information content (AvgIpc) is 2.57. The van der Waals surface area contributed by atoms with Crippen molar-refractivity contribution in [2.75, 3.05) is 17.2 Å². The summed E-state index contributed by atoms with van der Waals surface area (Å²) in [6.45, 7) is 1.97. The zero-order chi connectivity index (χ0) is 13.1. The highest BCUT2D eigenvalue weighted by Gasteiger charge is 2.14. The van der Waals surface area contributed by atoms with Crippen LogP contribution >= 0.6 is 0 Å². The van der Waals surface area contributed by atoms with Crippen LogP contribution in [0.25, 0.3) is 0 Å². The standard InChI is InChI=1S/C9H16N4O3S/c1-2-4-17(15,16)5-3-13-6-7(10)8(12-13)9(11)14/h6H,2-5,10H2,1H3,(H2,11,14). The van der Waals surface area contributed by atoms with E-state index in [-0.39, 0.29) is 29.4 Å². The van der Waals surface area contributed by atoms with E-state index in [1.807, 2.05) is 0 Å². The number of primary amides is 1. The Bertz CT molecular complexity index is 506. The Labute approximate surface area is 99.7 Å². The van der Waals surface area contributed by atoms with Gasteiger partial charge in [0.2, 0.25) is 0 Å². The molecule has 0 saturated carbocycles. The van der Waals surface area contributed by atoms with Crippen LogP contribution in [0.15, 0.2) is 6.20 Å². The van der Waals surface area contributed by atoms with Crippen LogP contribution in [0, 0.1) is 0 Å². The first-order chi connectivity index (χ1) is 7.85. The molecule has 1 aromatic rings. The molecule has 1 heterocycles. The van der Waals surface area contributed by atoms with Crippen LogP contribution in [0.3, 0.4) is 0 Å². The predicted molar refractivity (Wildman–Crippen MR) is 64.1 cm³/mol. The topological polar surface area (TPSA) is 121 Å². The highest BCUT2D eigenvalue weighted by molar-refractivity contribution is 7.91. The monoisotopic (exact) mass is 260 g/mol. The van der Waals surface area contributed by atoms with Crippen LogP contribution in [0.1, 0.15) is 23.8 Å². The molecule has 96 valence electrons. The fourth-order valence-corrected chi connectivity index (χ4v) is 2.68. The SMILES string of the molecule is CCCS(=O)(=O)CCn1cc(N)c(C(N)=O)n1. The van der Waals surface area contributed by atoms with Crippen molar-refractivity contribution in [3.8, 4) is 0 Å². The van der Waals surface area contributed by atoms with Crippen molar-refractivity contribution >= 4 is 21.4 Å². The van der Waals surface area contributed by atoms with Gasteiger partial charge in [-0.1, -0.05) is 6.92 Å². The maximum Gasteiger partial charge on any atom is 0.271 e. The summed E-state index contributed by atoms with van der Waals surface area (Å²) in [6.07, 6.45) is 1.98. The second-order valence-corrected chi connectivity index (χ2v) is 6.02. The van der Waals surface area contributed by atoms with Crippen LogP contribution in [-0.2, 0) is 16.4 Å². The Kier molecular flexibility index (Phi) is 4.11. The van der Waals surface area contributed by atoms with E-state index in [9.17, 15) is 13.2 Å². The van der Waals surface area contributed by atoms with Crippen LogP contribution in [0.5, 0.6) is 0 Å². The number of amides is 1. The third kappa shape index (κ3) is 3.74. The van der Waals surface area contributed by atoms with Gasteiger partial charge in [-0.25, -0.2) is 8.42 Å². The third-order valence-corrected chi connectivity index (χ3v) is 4.00. The summed E-state index contributed by atoms with van der Waals surface area (Å²) in [4.78, 5) is 10.9. The van der Waals surface area contributed by atoms with E-state index < -0.39 is 15.7 Å². The first-order valence-corrected chi connectivity index (χ1v) is 7.01. The maximum absolute atomic E-state index is 11.5. The Balaban J connectivity index is 2.71. The molecule has 7 nitrogen and oxygen atoms in total. The fraction of sp³-hybridized carbons (Fsp3) is 0.556. The molecule has 1 rings (SSSR count). The van der Waals surface area contributed by atoms with Crippen molar-refractivity contribution in [1.29, 1.82) is 0 Å². The number of nitrogens with zero attached hydrogens (tertiary/aromatic N) is 2. The van der Waals surface area contributed by atoms with Crippen molar-refractivity contribution in [3.05, 3.63) is 11.9 Å². The lowest BCUT2D eigenvalue weighted by atomic mass is 10.4. The summed E-state index contributed by atoms with van der Waals surface area (Å²) in [5, 5.41) is 3.83. The number of rotatable bonds is 6. The third-order valence-electron chi connectivity index (χ3n) is 2.17. The Morgan fingerprint density at radius 3 is 2.59 bits per heavy atom. The first-order valence-electron chi connectivity index (χ1n) is 5.19. The number of nitrogen functional groups attached to an aromatic ring is 1. The molecule has 0 saturated heterocycles. The van der Waals surface area contributed by atoms with Gasteiger partial charge in [0.1, 0.15) is 0 Å². The number of sulfone groups is 1. The number of nitrogens with two attached hydrogens (primary N) is 2. The van der Waals surface area contributed by atoms with E-state index in [0.29, 0.717) is 6.42 Å². The average molecular weight is 260 g/mol. The number of aromatic nitrogens is 2. The van der Waals surface area contributed by atoms with E-state index in [4.69, 9.17) is 11.5 Å². The number of aryl methyl sites for hydroxylation is 1. The summed E-state index contributed by atoms with van der Waals surface area (Å²) in [5.74, 6) is -0.607. The molecular formula is C9H16N4O3S. The Morgan fingerprint density at radius 1 is 1.47 bits per heavy atom. The van der Waals surface area contributed by atoms with Crippen molar-refractivity contribution < 1.29 is 13.2 Å². The van der Waals surface area contributed by atoms with Gasteiger partial charge in [0.15, 0.2) is 15.5 Å². The molecule has 0 aliphatic rings. The predicted octanol–water partition coefficient (Wildman–Crippen LogP) is -0.611. The van der Waals surface area contributed by atoms with Gasteiger partial charge in [-0.2, -0.15) is 5.10 Å². The molecule has 0 radical (unpaired) electrons. The van der Waals surface area contributed by atoms with Crippen LogP contribution in [0.4, 0.5) is 5.69 Å². The molecule has 0 fully saturated rings. The lowest BCUT2D eigenvalue weighted by Crippen LogP contribution is -2.17. The zero-order valence-corrected chi connectivity index (χ0v) is 10.4. The number of anilines is 1. The van der Waals surface area contributed by atoms with Crippen molar-refractivity contribution in [1.82, 2.24) is 9.78 Å². The van der Waals surface area contributed by atoms with Crippen LogP contribution in [0.2, 0.25) is 0 Å². The van der Waals surface area contributed by atoms with E-state index in [1.54, 1.807) is 6.92 Å². The molecule has 0 aliphatic heterocycles. The fourth-order valence-electron chi connectivity index (χ4n) is 1.39. The second-order valence-electron chi connectivity index (χ2n) is 3.71. The normalized spacial score (nSPS) is 11.6. The van der Waals surface area contributed by atoms with E-state index in [0.717, 1.165) is 0 Å². The summed E-state index contributed by atoms with van der Waals surface area (Å²) in [5.41, 5.74) is 10.7. The quantitative estimate of drug-likeness (QED) is 0.706. The molecule has 1 amide bonds. The largest absolute Gasteiger partial charge is 0.396 e. The van der Waals surface area contributed by atoms with E-state index in [2.05, 4.69) is 5.10 Å². The van der Waals surface area contributed by atoms with Crippen molar-refractivity contribution in [2.24, 2.45) is 5.73 Å². The van der Waals surface area contributed by atoms with Gasteiger partial charge in [0.05, 0.1) is 18.0 Å². The molecule has 1 aromatic heterocycles. The Morgan fingerprint density at radius 2 is 2.12 bits per heavy atom. The second kappa shape index (κ2) is 5.17. The smallest absolute Gasteiger partial charge is 0.271 e. The summed E-state index contributed by atoms with van der Waals surface area (Å²) < 4.78 is 24.3. The lowest BCUT2D eigenvalue weighted by molar-refractivity contribution is 0.0995. The molecular weight excluding hydrogens is 244 g/mol. The lowest BCUT2D eigenvalue weighted by Gasteiger charge is -2.02. The van der Waals surface area contributed by atoms with Gasteiger partial charge in [-0.05, 0) is 6.42 Å². The van der Waals surface area contributed by atoms with Crippen LogP contribution in [-0.4, -0.2) is 35.6 Å². The van der Waals surface area contributed by atoms with Gasteiger partial charge in [-0.15, -0.1) is 0 Å². The molecule has 0 bridgehead atoms. The molecule has 0 unspecified atom stereocenters. The van der Waals surface area contributed by atoms with Gasteiger partial charge < -0.3 is 11.5 Å². The zero-order valence-electron chi connectivity index (χ0n) is 9.59. The maximum atomic E-state index is 11.5. The number of carbonyl (C=O) groups excluding carboxylic acids is 1. The molecule has 17 heavy (non-hydrogen) atoms. The minimum absolute atomic E-state index is 0.0276. The first kappa shape index (κ1) is 13.5. The highest BCUT2D eigenvalue weighted by Crippen LogP contribution is 2.08. The van der Waals surface area contributed by atoms with Crippen LogP contribution < -0.4 is 11.5 Å². The van der Waals surface area contributed by atoms with Crippen molar-refractivity contribution in [2.45, 2.75) is 19.9 Å². The number of carbonyl (C=O) groups is 1. The summed E-state index contributed by atoms with van der Waals surface area (Å²) in [7, 11) is -3.07. The summed E-state index contributed by atoms with van der Waals surface area (Å²) >= 11 is 0. The minimum atomic E-state index is -3.07. The Hall–Kier alpha value is -1.57. The molecule has 0 aliphatic carbocycles. The van der Waals surface area contributed by atoms with Gasteiger partial charge in [0, 0.05) is 11.9 Å². The van der Waals surface area contributed by atoms with Gasteiger partial charge >= 0.3 is 0 Å². The minimum Gasteiger partial charge on any atom is -0.396 e. The number of hydrogen-bond acceptors (Lipinski definition) is 5. The molecule has 4 N–H and O–H groups in total. The van der Waals surface area contributed by atoms with Crippen molar-refractivity contribution in [3.63, 3.8) is 0 Å². The van der Waals surface area contributed by atoms with E-state index in [1.165, 1.54) is 10.9 Å². The van der Waals surface area contributed by atoms with Gasteiger partial charge in [0.25, 0.3) is 5.91 Å². The molecule has 0 aromatic carbocycles. The highest BCUT2D eigenvalue weighted by atomic mass is 32.2. The van der Waals surface area contributed by atoms with E-state index >= 15 is 0 Å². The molecule has 8 heteroatoms. The molecule has 0 spiro atoms. The summed E-state index contributed by atoms with van der Waals surface area (Å²) in [6, 6.07) is 0.